The summed E-state index contributed by atoms with van der Waals surface area (Å²) in [4.78, 5) is 8.82. The molecule has 1 saturated heterocycles. The van der Waals surface area contributed by atoms with Crippen LogP contribution in [0.3, 0.4) is 0 Å². The molecular weight excluding hydrogens is 228 g/mol. The van der Waals surface area contributed by atoms with Crippen molar-refractivity contribution in [3.63, 3.8) is 0 Å². The molecule has 1 aromatic carbocycles. The first kappa shape index (κ1) is 11.2. The van der Waals surface area contributed by atoms with Crippen molar-refractivity contribution in [2.45, 2.75) is 6.54 Å². The van der Waals surface area contributed by atoms with Crippen molar-refractivity contribution < 1.29 is 4.52 Å². The number of benzene rings is 1. The predicted octanol–water partition coefficient (Wildman–Crippen LogP) is 1.39. The first-order valence-electron chi connectivity index (χ1n) is 6.19. The number of anilines is 1. The van der Waals surface area contributed by atoms with Gasteiger partial charge < -0.3 is 9.42 Å². The Bertz CT molecular complexity index is 463. The maximum Gasteiger partial charge on any atom is 0.213 e. The molecule has 1 fully saturated rings. The van der Waals surface area contributed by atoms with Crippen LogP contribution in [0, 0.1) is 0 Å². The summed E-state index contributed by atoms with van der Waals surface area (Å²) in [5, 5.41) is 3.85. The lowest BCUT2D eigenvalue weighted by Gasteiger charge is -2.35. The van der Waals surface area contributed by atoms with Crippen molar-refractivity contribution in [1.29, 1.82) is 0 Å². The van der Waals surface area contributed by atoms with E-state index < -0.39 is 0 Å². The Hall–Kier alpha value is -1.88. The molecule has 0 unspecified atom stereocenters. The largest absolute Gasteiger partial charge is 0.369 e. The number of piperazine rings is 1. The van der Waals surface area contributed by atoms with E-state index >= 15 is 0 Å². The van der Waals surface area contributed by atoms with Gasteiger partial charge in [-0.15, -0.1) is 0 Å². The van der Waals surface area contributed by atoms with Crippen molar-refractivity contribution in [2.24, 2.45) is 0 Å². The molecule has 18 heavy (non-hydrogen) atoms. The van der Waals surface area contributed by atoms with Crippen molar-refractivity contribution in [3.8, 4) is 0 Å². The van der Waals surface area contributed by atoms with Gasteiger partial charge in [-0.1, -0.05) is 23.4 Å². The molecule has 94 valence electrons. The van der Waals surface area contributed by atoms with Gasteiger partial charge >= 0.3 is 0 Å². The summed E-state index contributed by atoms with van der Waals surface area (Å²) < 4.78 is 4.75. The van der Waals surface area contributed by atoms with E-state index in [1.807, 2.05) is 0 Å². The standard InChI is InChI=1S/C13H16N4O/c1-2-4-12(5-3-1)17-8-6-16(7-9-17)10-13-14-11-18-15-13/h1-5,11H,6-10H2. The number of rotatable bonds is 3. The molecular formula is C13H16N4O. The minimum Gasteiger partial charge on any atom is -0.369 e. The monoisotopic (exact) mass is 244 g/mol. The van der Waals surface area contributed by atoms with E-state index in [-0.39, 0.29) is 0 Å². The molecule has 0 saturated carbocycles. The summed E-state index contributed by atoms with van der Waals surface area (Å²) in [7, 11) is 0. The highest BCUT2D eigenvalue weighted by molar-refractivity contribution is 5.46. The molecule has 0 N–H and O–H groups in total. The molecule has 0 radical (unpaired) electrons. The van der Waals surface area contributed by atoms with Crippen LogP contribution in [0.4, 0.5) is 5.69 Å². The molecule has 5 heteroatoms. The van der Waals surface area contributed by atoms with E-state index in [9.17, 15) is 0 Å². The molecule has 1 aliphatic rings. The molecule has 5 nitrogen and oxygen atoms in total. The molecule has 0 amide bonds. The maximum atomic E-state index is 4.75. The first-order valence-corrected chi connectivity index (χ1v) is 6.19. The summed E-state index contributed by atoms with van der Waals surface area (Å²) in [6, 6.07) is 10.5. The zero-order valence-corrected chi connectivity index (χ0v) is 10.2. The van der Waals surface area contributed by atoms with Gasteiger partial charge in [0, 0.05) is 31.9 Å². The number of hydrogen-bond acceptors (Lipinski definition) is 5. The van der Waals surface area contributed by atoms with Crippen LogP contribution in [-0.2, 0) is 6.54 Å². The fourth-order valence-corrected chi connectivity index (χ4v) is 2.27. The van der Waals surface area contributed by atoms with Gasteiger partial charge in [-0.25, -0.2) is 0 Å². The third-order valence-electron chi connectivity index (χ3n) is 3.27. The smallest absolute Gasteiger partial charge is 0.213 e. The lowest BCUT2D eigenvalue weighted by Crippen LogP contribution is -2.46. The van der Waals surface area contributed by atoms with Gasteiger partial charge in [-0.3, -0.25) is 4.90 Å². The van der Waals surface area contributed by atoms with Crippen molar-refractivity contribution in [2.75, 3.05) is 31.1 Å². The summed E-state index contributed by atoms with van der Waals surface area (Å²) in [6.07, 6.45) is 1.38. The van der Waals surface area contributed by atoms with Gasteiger partial charge in [0.25, 0.3) is 0 Å². The minimum absolute atomic E-state index is 0.767. The van der Waals surface area contributed by atoms with Gasteiger partial charge in [0.2, 0.25) is 6.39 Å². The lowest BCUT2D eigenvalue weighted by atomic mass is 10.2. The van der Waals surface area contributed by atoms with E-state index in [0.717, 1.165) is 38.5 Å². The third-order valence-corrected chi connectivity index (χ3v) is 3.27. The normalized spacial score (nSPS) is 17.0. The van der Waals surface area contributed by atoms with Crippen LogP contribution in [-0.4, -0.2) is 41.2 Å². The highest BCUT2D eigenvalue weighted by Gasteiger charge is 2.18. The molecule has 0 atom stereocenters. The van der Waals surface area contributed by atoms with Crippen molar-refractivity contribution in [1.82, 2.24) is 15.0 Å². The molecule has 2 heterocycles. The van der Waals surface area contributed by atoms with Crippen LogP contribution >= 0.6 is 0 Å². The predicted molar refractivity (Wildman–Crippen MR) is 68.2 cm³/mol. The number of aromatic nitrogens is 2. The topological polar surface area (TPSA) is 45.4 Å². The average molecular weight is 244 g/mol. The molecule has 1 aliphatic heterocycles. The Morgan fingerprint density at radius 3 is 2.50 bits per heavy atom. The Morgan fingerprint density at radius 2 is 1.83 bits per heavy atom. The SMILES string of the molecule is c1ccc(N2CCN(Cc3ncon3)CC2)cc1. The van der Waals surface area contributed by atoms with Gasteiger partial charge in [-0.2, -0.15) is 4.98 Å². The summed E-state index contributed by atoms with van der Waals surface area (Å²) in [6.45, 7) is 4.93. The fraction of sp³-hybridized carbons (Fsp3) is 0.385. The van der Waals surface area contributed by atoms with Crippen LogP contribution in [0.25, 0.3) is 0 Å². The number of hydrogen-bond donors (Lipinski definition) is 0. The van der Waals surface area contributed by atoms with Crippen molar-refractivity contribution in [3.05, 3.63) is 42.5 Å². The second-order valence-corrected chi connectivity index (χ2v) is 4.45. The third kappa shape index (κ3) is 2.51. The maximum absolute atomic E-state index is 4.75. The lowest BCUT2D eigenvalue weighted by molar-refractivity contribution is 0.240. The summed E-state index contributed by atoms with van der Waals surface area (Å²) in [5.74, 6) is 0.767. The van der Waals surface area contributed by atoms with Crippen LogP contribution in [0.5, 0.6) is 0 Å². The second-order valence-electron chi connectivity index (χ2n) is 4.45. The fourth-order valence-electron chi connectivity index (χ4n) is 2.27. The van der Waals surface area contributed by atoms with E-state index in [2.05, 4.69) is 50.3 Å². The van der Waals surface area contributed by atoms with Gasteiger partial charge in [-0.05, 0) is 12.1 Å². The summed E-state index contributed by atoms with van der Waals surface area (Å²) in [5.41, 5.74) is 1.30. The quantitative estimate of drug-likeness (QED) is 0.816. The van der Waals surface area contributed by atoms with Crippen LogP contribution in [0.1, 0.15) is 5.82 Å². The number of nitrogens with zero attached hydrogens (tertiary/aromatic N) is 4. The van der Waals surface area contributed by atoms with Gasteiger partial charge in [0.05, 0.1) is 6.54 Å². The average Bonchev–Trinajstić information content (AvgIpc) is 2.94. The Morgan fingerprint density at radius 1 is 1.06 bits per heavy atom. The Kier molecular flexibility index (Phi) is 3.23. The Balaban J connectivity index is 1.55. The molecule has 0 aliphatic carbocycles. The highest BCUT2D eigenvalue weighted by atomic mass is 16.5. The molecule has 2 aromatic rings. The first-order chi connectivity index (χ1) is 8.92. The molecule has 3 rings (SSSR count). The zero-order valence-electron chi connectivity index (χ0n) is 10.2. The highest BCUT2D eigenvalue weighted by Crippen LogP contribution is 2.15. The van der Waals surface area contributed by atoms with Crippen LogP contribution < -0.4 is 4.90 Å². The number of para-hydroxylation sites is 1. The molecule has 0 bridgehead atoms. The van der Waals surface area contributed by atoms with E-state index in [1.165, 1.54) is 12.1 Å². The molecule has 0 spiro atoms. The van der Waals surface area contributed by atoms with E-state index in [1.54, 1.807) is 0 Å². The summed E-state index contributed by atoms with van der Waals surface area (Å²) >= 11 is 0. The zero-order chi connectivity index (χ0) is 12.2. The molecule has 1 aromatic heterocycles. The van der Waals surface area contributed by atoms with Gasteiger partial charge in [0.15, 0.2) is 5.82 Å². The van der Waals surface area contributed by atoms with E-state index in [4.69, 9.17) is 4.52 Å². The van der Waals surface area contributed by atoms with Gasteiger partial charge in [0.1, 0.15) is 0 Å². The van der Waals surface area contributed by atoms with Crippen LogP contribution in [0.2, 0.25) is 0 Å². The minimum atomic E-state index is 0.767. The van der Waals surface area contributed by atoms with Crippen molar-refractivity contribution >= 4 is 5.69 Å². The van der Waals surface area contributed by atoms with Crippen LogP contribution in [0.15, 0.2) is 41.2 Å². The second kappa shape index (κ2) is 5.18. The Labute approximate surface area is 106 Å². The van der Waals surface area contributed by atoms with E-state index in [0.29, 0.717) is 0 Å².